The van der Waals surface area contributed by atoms with Crippen molar-refractivity contribution in [3.8, 4) is 22.3 Å². The quantitative estimate of drug-likeness (QED) is 0.335. The van der Waals surface area contributed by atoms with Gasteiger partial charge in [0.25, 0.3) is 10.0 Å². The molecular formula is C25H17ClN4O3S. The number of aromatic nitrogens is 3. The lowest BCUT2D eigenvalue weighted by Gasteiger charge is -2.12. The molecule has 0 saturated carbocycles. The number of nitrogens with one attached hydrogen (secondary N) is 2. The van der Waals surface area contributed by atoms with Gasteiger partial charge in [-0.05, 0) is 59.2 Å². The number of aromatic amines is 1. The van der Waals surface area contributed by atoms with Gasteiger partial charge in [0, 0.05) is 35.7 Å². The lowest BCUT2D eigenvalue weighted by Crippen LogP contribution is -2.20. The van der Waals surface area contributed by atoms with E-state index in [4.69, 9.17) is 11.6 Å². The van der Waals surface area contributed by atoms with Gasteiger partial charge in [-0.3, -0.25) is 19.5 Å². The fourth-order valence-electron chi connectivity index (χ4n) is 3.70. The van der Waals surface area contributed by atoms with E-state index in [1.54, 1.807) is 42.9 Å². The average molecular weight is 489 g/mol. The van der Waals surface area contributed by atoms with Gasteiger partial charge in [-0.1, -0.05) is 35.9 Å². The molecule has 5 aromatic rings. The number of rotatable bonds is 5. The minimum absolute atomic E-state index is 0.0228. The highest BCUT2D eigenvalue weighted by Gasteiger charge is 2.20. The molecule has 0 unspecified atom stereocenters. The van der Waals surface area contributed by atoms with Crippen molar-refractivity contribution in [2.75, 3.05) is 4.72 Å². The smallest absolute Gasteiger partial charge is 0.262 e. The van der Waals surface area contributed by atoms with Gasteiger partial charge in [-0.25, -0.2) is 8.42 Å². The minimum Gasteiger partial charge on any atom is -0.350 e. The van der Waals surface area contributed by atoms with Gasteiger partial charge in [0.15, 0.2) is 0 Å². The van der Waals surface area contributed by atoms with E-state index >= 15 is 0 Å². The highest BCUT2D eigenvalue weighted by molar-refractivity contribution is 7.92. The molecule has 0 spiro atoms. The second-order valence-corrected chi connectivity index (χ2v) is 9.53. The molecule has 0 bridgehead atoms. The first-order valence-corrected chi connectivity index (χ1v) is 12.1. The molecule has 7 nitrogen and oxygen atoms in total. The largest absolute Gasteiger partial charge is 0.350 e. The second kappa shape index (κ2) is 8.74. The van der Waals surface area contributed by atoms with Crippen LogP contribution in [0.3, 0.4) is 0 Å². The molecule has 0 aliphatic carbocycles. The summed E-state index contributed by atoms with van der Waals surface area (Å²) in [6.07, 6.45) is 6.61. The van der Waals surface area contributed by atoms with Crippen LogP contribution in [0.4, 0.5) is 5.69 Å². The molecule has 0 atom stereocenters. The summed E-state index contributed by atoms with van der Waals surface area (Å²) in [6.45, 7) is 0. The van der Waals surface area contributed by atoms with Crippen LogP contribution in [-0.2, 0) is 10.0 Å². The molecule has 2 N–H and O–H groups in total. The standard InChI is InChI=1S/C25H17ClN4O3S/c26-25-23(30-34(32,33)18-4-2-1-3-5-18)24(31)21(15-29-25)17-6-7-22-20(14-17)19(10-13-28-22)16-8-11-27-12-9-16/h1-15,30H,(H,29,31). The second-order valence-electron chi connectivity index (χ2n) is 7.47. The zero-order chi connectivity index (χ0) is 23.7. The Labute approximate surface area is 200 Å². The van der Waals surface area contributed by atoms with Gasteiger partial charge >= 0.3 is 0 Å². The molecule has 0 aliphatic heterocycles. The zero-order valence-electron chi connectivity index (χ0n) is 17.6. The molecule has 0 fully saturated rings. The summed E-state index contributed by atoms with van der Waals surface area (Å²) >= 11 is 6.18. The van der Waals surface area contributed by atoms with E-state index in [1.807, 2.05) is 30.3 Å². The van der Waals surface area contributed by atoms with Crippen molar-refractivity contribution in [2.24, 2.45) is 0 Å². The van der Waals surface area contributed by atoms with E-state index in [0.29, 0.717) is 5.56 Å². The van der Waals surface area contributed by atoms with Crippen LogP contribution in [0.2, 0.25) is 5.15 Å². The minimum atomic E-state index is -4.01. The maximum atomic E-state index is 13.3. The molecule has 0 amide bonds. The Morgan fingerprint density at radius 2 is 1.62 bits per heavy atom. The number of fused-ring (bicyclic) bond motifs is 1. The van der Waals surface area contributed by atoms with Gasteiger partial charge in [0.1, 0.15) is 10.8 Å². The fourth-order valence-corrected chi connectivity index (χ4v) is 5.04. The van der Waals surface area contributed by atoms with Crippen molar-refractivity contribution in [3.05, 3.63) is 107 Å². The first-order valence-electron chi connectivity index (χ1n) is 10.2. The predicted octanol–water partition coefficient (Wildman–Crippen LogP) is 5.11. The van der Waals surface area contributed by atoms with Gasteiger partial charge in [-0.2, -0.15) is 0 Å². The predicted molar refractivity (Wildman–Crippen MR) is 133 cm³/mol. The van der Waals surface area contributed by atoms with Crippen LogP contribution in [0.15, 0.2) is 101 Å². The molecule has 9 heteroatoms. The number of pyridine rings is 3. The summed E-state index contributed by atoms with van der Waals surface area (Å²) in [5.74, 6) is 0. The number of sulfonamides is 1. The van der Waals surface area contributed by atoms with E-state index in [1.165, 1.54) is 18.3 Å². The summed E-state index contributed by atoms with van der Waals surface area (Å²) in [5.41, 5.74) is 2.72. The molecule has 3 aromatic heterocycles. The van der Waals surface area contributed by atoms with E-state index in [2.05, 4.69) is 19.7 Å². The number of nitrogens with zero attached hydrogens (tertiary/aromatic N) is 2. The van der Waals surface area contributed by atoms with E-state index in [-0.39, 0.29) is 21.3 Å². The SMILES string of the molecule is O=c1c(-c2ccc3nccc(-c4ccncc4)c3c2)c[nH]c(Cl)c1NS(=O)(=O)c1ccccc1. The first-order chi connectivity index (χ1) is 16.4. The van der Waals surface area contributed by atoms with Crippen molar-refractivity contribution in [1.29, 1.82) is 0 Å². The number of halogens is 1. The lowest BCUT2D eigenvalue weighted by molar-refractivity contribution is 0.601. The Balaban J connectivity index is 1.63. The number of hydrogen-bond donors (Lipinski definition) is 2. The topological polar surface area (TPSA) is 105 Å². The highest BCUT2D eigenvalue weighted by atomic mass is 35.5. The Morgan fingerprint density at radius 1 is 0.853 bits per heavy atom. The van der Waals surface area contributed by atoms with Crippen LogP contribution >= 0.6 is 11.6 Å². The van der Waals surface area contributed by atoms with Crippen molar-refractivity contribution in [2.45, 2.75) is 4.90 Å². The van der Waals surface area contributed by atoms with Crippen LogP contribution in [0.1, 0.15) is 0 Å². The fraction of sp³-hybridized carbons (Fsp3) is 0. The van der Waals surface area contributed by atoms with Gasteiger partial charge < -0.3 is 4.98 Å². The lowest BCUT2D eigenvalue weighted by atomic mass is 9.98. The summed E-state index contributed by atoms with van der Waals surface area (Å²) in [7, 11) is -4.01. The molecular weight excluding hydrogens is 472 g/mol. The Kier molecular flexibility index (Phi) is 5.61. The number of benzene rings is 2. The van der Waals surface area contributed by atoms with Crippen LogP contribution in [0.5, 0.6) is 0 Å². The summed E-state index contributed by atoms with van der Waals surface area (Å²) in [6, 6.07) is 18.9. The van der Waals surface area contributed by atoms with Gasteiger partial charge in [-0.15, -0.1) is 0 Å². The van der Waals surface area contributed by atoms with Crippen molar-refractivity contribution >= 4 is 38.2 Å². The molecule has 5 rings (SSSR count). The van der Waals surface area contributed by atoms with E-state index in [0.717, 1.165) is 22.0 Å². The van der Waals surface area contributed by atoms with Gasteiger partial charge in [0.2, 0.25) is 5.43 Å². The average Bonchev–Trinajstić information content (AvgIpc) is 2.87. The Morgan fingerprint density at radius 3 is 2.38 bits per heavy atom. The van der Waals surface area contributed by atoms with E-state index in [9.17, 15) is 13.2 Å². The third kappa shape index (κ3) is 4.05. The van der Waals surface area contributed by atoms with Crippen molar-refractivity contribution in [3.63, 3.8) is 0 Å². The highest BCUT2D eigenvalue weighted by Crippen LogP contribution is 2.31. The summed E-state index contributed by atoms with van der Waals surface area (Å²) < 4.78 is 27.9. The Hall–Kier alpha value is -4.01. The molecule has 3 heterocycles. The zero-order valence-corrected chi connectivity index (χ0v) is 19.1. The van der Waals surface area contributed by atoms with E-state index < -0.39 is 15.5 Å². The number of anilines is 1. The molecule has 2 aromatic carbocycles. The Bertz CT molecular complexity index is 1670. The number of hydrogen-bond acceptors (Lipinski definition) is 5. The van der Waals surface area contributed by atoms with Crippen molar-refractivity contribution < 1.29 is 8.42 Å². The maximum absolute atomic E-state index is 13.3. The first kappa shape index (κ1) is 21.8. The monoisotopic (exact) mass is 488 g/mol. The third-order valence-corrected chi connectivity index (χ3v) is 7.03. The molecule has 0 saturated heterocycles. The van der Waals surface area contributed by atoms with Crippen LogP contribution in [0.25, 0.3) is 33.2 Å². The summed E-state index contributed by atoms with van der Waals surface area (Å²) in [4.78, 5) is 24.6. The molecule has 168 valence electrons. The summed E-state index contributed by atoms with van der Waals surface area (Å²) in [5, 5.41) is 0.736. The number of H-pyrrole nitrogens is 1. The van der Waals surface area contributed by atoms with Gasteiger partial charge in [0.05, 0.1) is 10.4 Å². The van der Waals surface area contributed by atoms with Crippen molar-refractivity contribution in [1.82, 2.24) is 15.0 Å². The van der Waals surface area contributed by atoms with Crippen LogP contribution in [0, 0.1) is 0 Å². The van der Waals surface area contributed by atoms with Crippen LogP contribution < -0.4 is 10.2 Å². The van der Waals surface area contributed by atoms with Crippen LogP contribution in [-0.4, -0.2) is 23.4 Å². The maximum Gasteiger partial charge on any atom is 0.262 e. The molecule has 0 radical (unpaired) electrons. The molecule has 0 aliphatic rings. The molecule has 34 heavy (non-hydrogen) atoms. The third-order valence-electron chi connectivity index (χ3n) is 5.37. The normalized spacial score (nSPS) is 11.4.